The van der Waals surface area contributed by atoms with E-state index >= 15 is 0 Å². The molecule has 0 aliphatic carbocycles. The van der Waals surface area contributed by atoms with E-state index in [2.05, 4.69) is 31.9 Å². The Kier molecular flexibility index (Phi) is 7.83. The summed E-state index contributed by atoms with van der Waals surface area (Å²) < 4.78 is 21.2. The van der Waals surface area contributed by atoms with Crippen LogP contribution in [-0.4, -0.2) is 10.2 Å². The molecule has 3 nitrogen and oxygen atoms in total. The van der Waals surface area contributed by atoms with Crippen LogP contribution < -0.4 is 9.64 Å². The monoisotopic (exact) mass is 645 g/mol. The van der Waals surface area contributed by atoms with E-state index in [1.54, 1.807) is 6.08 Å². The average molecular weight is 648 g/mol. The topological polar surface area (TPSA) is 29.5 Å². The van der Waals surface area contributed by atoms with Crippen LogP contribution in [0.25, 0.3) is 6.08 Å². The number of hydrogen-bond donors (Lipinski definition) is 0. The molecule has 0 radical (unpaired) electrons. The number of benzene rings is 3. The highest BCUT2D eigenvalue weighted by Gasteiger charge is 2.33. The van der Waals surface area contributed by atoms with E-state index in [1.807, 2.05) is 36.4 Å². The number of carbonyl (C=O) groups excluding carboxylic acids is 1. The van der Waals surface area contributed by atoms with Gasteiger partial charge in [0.2, 0.25) is 0 Å². The Morgan fingerprint density at radius 3 is 2.36 bits per heavy atom. The van der Waals surface area contributed by atoms with Crippen LogP contribution >= 0.6 is 79.0 Å². The van der Waals surface area contributed by atoms with Crippen LogP contribution in [0.4, 0.5) is 10.1 Å². The van der Waals surface area contributed by atoms with Crippen LogP contribution in [0.3, 0.4) is 0 Å². The highest BCUT2D eigenvalue weighted by atomic mass is 79.9. The predicted molar refractivity (Wildman–Crippen MR) is 145 cm³/mol. The molecule has 1 saturated heterocycles. The van der Waals surface area contributed by atoms with E-state index in [4.69, 9.17) is 40.2 Å². The second kappa shape index (κ2) is 10.5. The maximum atomic E-state index is 13.5. The first-order valence-electron chi connectivity index (χ1n) is 9.32. The summed E-state index contributed by atoms with van der Waals surface area (Å²) in [7, 11) is 0. The molecule has 10 heteroatoms. The number of hydrogen-bond acceptors (Lipinski definition) is 4. The van der Waals surface area contributed by atoms with Crippen molar-refractivity contribution in [2.24, 2.45) is 0 Å². The van der Waals surface area contributed by atoms with Gasteiger partial charge in [0.1, 0.15) is 18.2 Å². The fraction of sp³-hybridized carbons (Fsp3) is 0.0435. The van der Waals surface area contributed by atoms with Gasteiger partial charge in [-0.2, -0.15) is 0 Å². The molecule has 168 valence electrons. The molecule has 0 unspecified atom stereocenters. The summed E-state index contributed by atoms with van der Waals surface area (Å²) in [4.78, 5) is 14.8. The van der Waals surface area contributed by atoms with E-state index in [0.29, 0.717) is 32.3 Å². The molecule has 0 aromatic heterocycles. The van der Waals surface area contributed by atoms with Crippen molar-refractivity contribution < 1.29 is 13.9 Å². The standard InChI is InChI=1S/C23H12Br2Cl2FNO2S2/c24-16-7-13(8-17(25)21(16)31-11-12-1-3-14(26)4-2-12)9-20-22(30)29(23(32)33-20)15-5-6-19(28)18(27)10-15/h1-10H,11H2/b20-9+. The van der Waals surface area contributed by atoms with Gasteiger partial charge in [0.05, 0.1) is 24.6 Å². The van der Waals surface area contributed by atoms with Crippen molar-refractivity contribution in [3.8, 4) is 5.75 Å². The Balaban J connectivity index is 1.55. The van der Waals surface area contributed by atoms with Crippen molar-refractivity contribution in [3.63, 3.8) is 0 Å². The van der Waals surface area contributed by atoms with E-state index in [9.17, 15) is 9.18 Å². The molecule has 0 saturated carbocycles. The summed E-state index contributed by atoms with van der Waals surface area (Å²) in [6, 6.07) is 15.2. The highest BCUT2D eigenvalue weighted by molar-refractivity contribution is 9.11. The largest absolute Gasteiger partial charge is 0.487 e. The lowest BCUT2D eigenvalue weighted by Crippen LogP contribution is -2.27. The molecular formula is C23H12Br2Cl2FNO2S2. The molecular weight excluding hydrogens is 636 g/mol. The third kappa shape index (κ3) is 5.63. The zero-order valence-electron chi connectivity index (χ0n) is 16.5. The molecule has 3 aromatic carbocycles. The minimum atomic E-state index is -0.561. The molecule has 1 amide bonds. The lowest BCUT2D eigenvalue weighted by Gasteiger charge is -2.14. The second-order valence-electron chi connectivity index (χ2n) is 6.84. The molecule has 0 atom stereocenters. The lowest BCUT2D eigenvalue weighted by atomic mass is 10.2. The van der Waals surface area contributed by atoms with Crippen LogP contribution in [0.15, 0.2) is 68.4 Å². The summed E-state index contributed by atoms with van der Waals surface area (Å²) in [5.74, 6) is -0.229. The van der Waals surface area contributed by atoms with E-state index in [-0.39, 0.29) is 10.9 Å². The Morgan fingerprint density at radius 2 is 1.73 bits per heavy atom. The summed E-state index contributed by atoms with van der Waals surface area (Å²) in [6.45, 7) is 0.368. The molecule has 0 spiro atoms. The number of thioether (sulfide) groups is 1. The zero-order chi connectivity index (χ0) is 23.7. The predicted octanol–water partition coefficient (Wildman–Crippen LogP) is 8.64. The van der Waals surface area contributed by atoms with Gasteiger partial charge in [0, 0.05) is 5.02 Å². The van der Waals surface area contributed by atoms with Gasteiger partial charge in [-0.1, -0.05) is 59.3 Å². The average Bonchev–Trinajstić information content (AvgIpc) is 3.03. The quantitative estimate of drug-likeness (QED) is 0.205. The molecule has 3 aromatic rings. The van der Waals surface area contributed by atoms with Gasteiger partial charge in [0.15, 0.2) is 4.32 Å². The molecule has 4 rings (SSSR count). The summed E-state index contributed by atoms with van der Waals surface area (Å²) >= 11 is 25.4. The fourth-order valence-corrected chi connectivity index (χ4v) is 6.05. The summed E-state index contributed by atoms with van der Waals surface area (Å²) in [6.07, 6.45) is 1.74. The van der Waals surface area contributed by atoms with E-state index < -0.39 is 5.82 Å². The van der Waals surface area contributed by atoms with Gasteiger partial charge in [-0.3, -0.25) is 9.69 Å². The first kappa shape index (κ1) is 24.7. The minimum absolute atomic E-state index is 0.0763. The number of carbonyl (C=O) groups is 1. The first-order chi connectivity index (χ1) is 15.7. The van der Waals surface area contributed by atoms with Crippen LogP contribution in [0.1, 0.15) is 11.1 Å². The van der Waals surface area contributed by atoms with Gasteiger partial charge in [-0.15, -0.1) is 0 Å². The molecule has 1 aliphatic heterocycles. The maximum Gasteiger partial charge on any atom is 0.270 e. The van der Waals surface area contributed by atoms with Crippen molar-refractivity contribution in [2.45, 2.75) is 6.61 Å². The minimum Gasteiger partial charge on any atom is -0.487 e. The fourth-order valence-electron chi connectivity index (χ4n) is 3.00. The van der Waals surface area contributed by atoms with E-state index in [1.165, 1.54) is 34.9 Å². The summed E-state index contributed by atoms with van der Waals surface area (Å²) in [5, 5.41) is 0.589. The van der Waals surface area contributed by atoms with Gasteiger partial charge in [-0.25, -0.2) is 4.39 Å². The molecule has 0 bridgehead atoms. The van der Waals surface area contributed by atoms with Crippen LogP contribution in [-0.2, 0) is 11.4 Å². The molecule has 1 heterocycles. The Morgan fingerprint density at radius 1 is 1.06 bits per heavy atom. The number of ether oxygens (including phenoxy) is 1. The van der Waals surface area contributed by atoms with Gasteiger partial charge in [-0.05, 0) is 91.5 Å². The van der Waals surface area contributed by atoms with Crippen LogP contribution in [0, 0.1) is 5.82 Å². The number of rotatable bonds is 5. The highest BCUT2D eigenvalue weighted by Crippen LogP contribution is 2.40. The number of anilines is 1. The van der Waals surface area contributed by atoms with Crippen molar-refractivity contribution in [1.82, 2.24) is 0 Å². The van der Waals surface area contributed by atoms with Crippen molar-refractivity contribution in [3.05, 3.63) is 95.4 Å². The third-order valence-corrected chi connectivity index (χ3v) is 7.59. The maximum absolute atomic E-state index is 13.5. The number of halogens is 5. The smallest absolute Gasteiger partial charge is 0.270 e. The van der Waals surface area contributed by atoms with Crippen molar-refractivity contribution in [1.29, 1.82) is 0 Å². The Bertz CT molecular complexity index is 1280. The SMILES string of the molecule is O=C1/C(=C\c2cc(Br)c(OCc3ccc(Cl)cc3)c(Br)c2)SC(=S)N1c1ccc(F)c(Cl)c1. The van der Waals surface area contributed by atoms with Gasteiger partial charge >= 0.3 is 0 Å². The van der Waals surface area contributed by atoms with Gasteiger partial charge in [0.25, 0.3) is 5.91 Å². The van der Waals surface area contributed by atoms with Crippen LogP contribution in [0.2, 0.25) is 10.0 Å². The number of amides is 1. The Labute approximate surface area is 226 Å². The zero-order valence-corrected chi connectivity index (χ0v) is 22.8. The summed E-state index contributed by atoms with van der Waals surface area (Å²) in [5.41, 5.74) is 2.16. The number of thiocarbonyl (C=S) groups is 1. The molecule has 1 fully saturated rings. The molecule has 1 aliphatic rings. The Hall–Kier alpha value is -1.42. The van der Waals surface area contributed by atoms with E-state index in [0.717, 1.165) is 20.1 Å². The molecule has 33 heavy (non-hydrogen) atoms. The lowest BCUT2D eigenvalue weighted by molar-refractivity contribution is -0.113. The van der Waals surface area contributed by atoms with Crippen molar-refractivity contribution >= 4 is 101 Å². The number of nitrogens with zero attached hydrogens (tertiary/aromatic N) is 1. The molecule has 0 N–H and O–H groups in total. The first-order valence-corrected chi connectivity index (χ1v) is 12.9. The third-order valence-electron chi connectivity index (χ3n) is 4.57. The second-order valence-corrected chi connectivity index (χ2v) is 11.1. The van der Waals surface area contributed by atoms with Crippen LogP contribution in [0.5, 0.6) is 5.75 Å². The van der Waals surface area contributed by atoms with Crippen molar-refractivity contribution in [2.75, 3.05) is 4.90 Å². The van der Waals surface area contributed by atoms with Gasteiger partial charge < -0.3 is 4.74 Å². The normalized spacial score (nSPS) is 14.9.